The number of hydrogen-bond donors (Lipinski definition) is 3. The Balaban J connectivity index is 2.10. The summed E-state index contributed by atoms with van der Waals surface area (Å²) in [6.45, 7) is 0.634. The molecule has 0 aromatic heterocycles. The Morgan fingerprint density at radius 1 is 1.47 bits per heavy atom. The highest BCUT2D eigenvalue weighted by Gasteiger charge is 2.29. The van der Waals surface area contributed by atoms with E-state index < -0.39 is 18.1 Å². The third kappa shape index (κ3) is 2.35. The van der Waals surface area contributed by atoms with E-state index in [9.17, 15) is 9.59 Å². The first kappa shape index (κ1) is 11.8. The number of carbonyl (C=O) groups is 2. The van der Waals surface area contributed by atoms with Gasteiger partial charge in [0.05, 0.1) is 6.04 Å². The van der Waals surface area contributed by atoms with Crippen LogP contribution in [0.5, 0.6) is 0 Å². The minimum atomic E-state index is -1.15. The van der Waals surface area contributed by atoms with Crippen molar-refractivity contribution >= 4 is 11.8 Å². The Morgan fingerprint density at radius 2 is 2.18 bits per heavy atom. The molecule has 2 atom stereocenters. The fourth-order valence-electron chi connectivity index (χ4n) is 2.01. The maximum atomic E-state index is 11.9. The number of benzene rings is 1. The predicted molar refractivity (Wildman–Crippen MR) is 61.3 cm³/mol. The molecule has 0 fully saturated rings. The lowest BCUT2D eigenvalue weighted by atomic mass is 9.98. The van der Waals surface area contributed by atoms with Gasteiger partial charge < -0.3 is 10.8 Å². The molecule has 17 heavy (non-hydrogen) atoms. The van der Waals surface area contributed by atoms with E-state index in [1.54, 1.807) is 0 Å². The molecule has 0 saturated heterocycles. The van der Waals surface area contributed by atoms with E-state index in [-0.39, 0.29) is 12.2 Å². The van der Waals surface area contributed by atoms with Gasteiger partial charge in [0.15, 0.2) is 5.78 Å². The number of nitrogens with one attached hydrogen (secondary N) is 1. The number of Topliss-reactive ketones (excluding diaryl/α,β-unsaturated/α-hetero) is 1. The lowest BCUT2D eigenvalue weighted by Crippen LogP contribution is -2.35. The van der Waals surface area contributed by atoms with Crippen molar-refractivity contribution in [3.63, 3.8) is 0 Å². The molecule has 1 heterocycles. The van der Waals surface area contributed by atoms with Crippen LogP contribution < -0.4 is 11.1 Å². The third-order valence-electron chi connectivity index (χ3n) is 2.92. The van der Waals surface area contributed by atoms with Gasteiger partial charge in [-0.1, -0.05) is 24.3 Å². The predicted octanol–water partition coefficient (Wildman–Crippen LogP) is 0.202. The van der Waals surface area contributed by atoms with Crippen molar-refractivity contribution in [3.8, 4) is 0 Å². The quantitative estimate of drug-likeness (QED) is 0.692. The van der Waals surface area contributed by atoms with E-state index in [0.29, 0.717) is 6.54 Å². The van der Waals surface area contributed by atoms with Gasteiger partial charge in [-0.2, -0.15) is 0 Å². The maximum absolute atomic E-state index is 11.9. The number of carboxylic acids is 1. The Labute approximate surface area is 98.6 Å². The first-order valence-electron chi connectivity index (χ1n) is 5.42. The molecule has 90 valence electrons. The Kier molecular flexibility index (Phi) is 3.21. The van der Waals surface area contributed by atoms with Crippen molar-refractivity contribution in [1.29, 1.82) is 0 Å². The van der Waals surface area contributed by atoms with E-state index in [1.807, 2.05) is 24.3 Å². The molecule has 0 bridgehead atoms. The molecule has 0 aliphatic carbocycles. The van der Waals surface area contributed by atoms with Crippen LogP contribution in [0.25, 0.3) is 0 Å². The number of carboxylic acid groups (broad SMARTS) is 1. The fourth-order valence-corrected chi connectivity index (χ4v) is 2.01. The van der Waals surface area contributed by atoms with Crippen LogP contribution in [0.4, 0.5) is 0 Å². The normalized spacial score (nSPS) is 19.7. The molecule has 1 aromatic carbocycles. The topological polar surface area (TPSA) is 92.4 Å². The molecule has 1 aliphatic heterocycles. The van der Waals surface area contributed by atoms with Crippen molar-refractivity contribution < 1.29 is 14.7 Å². The Hall–Kier alpha value is -1.72. The SMILES string of the molecule is N[C@@H](CC(=O)C1NCc2ccccc21)C(=O)O. The standard InChI is InChI=1S/C12H14N2O3/c13-9(12(16)17)5-10(15)11-8-4-2-1-3-7(8)6-14-11/h1-4,9,11,14H,5-6,13H2,(H,16,17)/t9-,11?/m0/s1. The van der Waals surface area contributed by atoms with E-state index in [0.717, 1.165) is 11.1 Å². The highest BCUT2D eigenvalue weighted by atomic mass is 16.4. The highest BCUT2D eigenvalue weighted by molar-refractivity contribution is 5.90. The second-order valence-electron chi connectivity index (χ2n) is 4.13. The molecule has 5 nitrogen and oxygen atoms in total. The maximum Gasteiger partial charge on any atom is 0.320 e. The summed E-state index contributed by atoms with van der Waals surface area (Å²) in [4.78, 5) is 22.5. The number of aliphatic carboxylic acids is 1. The largest absolute Gasteiger partial charge is 0.480 e. The second-order valence-corrected chi connectivity index (χ2v) is 4.13. The Bertz CT molecular complexity index is 459. The number of rotatable bonds is 4. The van der Waals surface area contributed by atoms with Crippen LogP contribution in [0.3, 0.4) is 0 Å². The van der Waals surface area contributed by atoms with E-state index in [1.165, 1.54) is 0 Å². The summed E-state index contributed by atoms with van der Waals surface area (Å²) in [5.74, 6) is -1.32. The van der Waals surface area contributed by atoms with Gasteiger partial charge in [0.25, 0.3) is 0 Å². The zero-order valence-corrected chi connectivity index (χ0v) is 9.22. The zero-order chi connectivity index (χ0) is 12.4. The monoisotopic (exact) mass is 234 g/mol. The molecule has 1 unspecified atom stereocenters. The van der Waals surface area contributed by atoms with E-state index in [2.05, 4.69) is 5.32 Å². The molecule has 2 rings (SSSR count). The number of ketones is 1. The first-order chi connectivity index (χ1) is 8.09. The van der Waals surface area contributed by atoms with Crippen LogP contribution in [0, 0.1) is 0 Å². The summed E-state index contributed by atoms with van der Waals surface area (Å²) in [6, 6.07) is 6.06. The van der Waals surface area contributed by atoms with Gasteiger partial charge in [0.1, 0.15) is 6.04 Å². The summed E-state index contributed by atoms with van der Waals surface area (Å²) in [5.41, 5.74) is 7.36. The number of nitrogens with two attached hydrogens (primary N) is 1. The average molecular weight is 234 g/mol. The molecule has 5 heteroatoms. The molecule has 0 spiro atoms. The fraction of sp³-hybridized carbons (Fsp3) is 0.333. The first-order valence-corrected chi connectivity index (χ1v) is 5.42. The van der Waals surface area contributed by atoms with Crippen molar-refractivity contribution in [2.24, 2.45) is 5.73 Å². The summed E-state index contributed by atoms with van der Waals surface area (Å²) in [7, 11) is 0. The lowest BCUT2D eigenvalue weighted by molar-refractivity contribution is -0.140. The summed E-state index contributed by atoms with van der Waals surface area (Å²) >= 11 is 0. The third-order valence-corrected chi connectivity index (χ3v) is 2.92. The lowest BCUT2D eigenvalue weighted by Gasteiger charge is -2.12. The molecular weight excluding hydrogens is 220 g/mol. The summed E-state index contributed by atoms with van der Waals surface area (Å²) in [6.07, 6.45) is -0.151. The van der Waals surface area contributed by atoms with Gasteiger partial charge in [-0.05, 0) is 11.1 Å². The van der Waals surface area contributed by atoms with Crippen LogP contribution in [0.1, 0.15) is 23.6 Å². The smallest absolute Gasteiger partial charge is 0.320 e. The second kappa shape index (κ2) is 4.65. The van der Waals surface area contributed by atoms with Crippen molar-refractivity contribution in [3.05, 3.63) is 35.4 Å². The van der Waals surface area contributed by atoms with Crippen LogP contribution in [-0.2, 0) is 16.1 Å². The molecule has 1 aromatic rings. The van der Waals surface area contributed by atoms with Crippen LogP contribution >= 0.6 is 0 Å². The van der Waals surface area contributed by atoms with Gasteiger partial charge in [-0.25, -0.2) is 0 Å². The van der Waals surface area contributed by atoms with Gasteiger partial charge in [0.2, 0.25) is 0 Å². The molecule has 0 radical (unpaired) electrons. The summed E-state index contributed by atoms with van der Waals surface area (Å²) < 4.78 is 0. The summed E-state index contributed by atoms with van der Waals surface area (Å²) in [5, 5.41) is 11.7. The van der Waals surface area contributed by atoms with Gasteiger partial charge in [0, 0.05) is 13.0 Å². The number of fused-ring (bicyclic) bond motifs is 1. The highest BCUT2D eigenvalue weighted by Crippen LogP contribution is 2.26. The molecule has 1 aliphatic rings. The number of carbonyl (C=O) groups excluding carboxylic acids is 1. The van der Waals surface area contributed by atoms with Gasteiger partial charge in [-0.3, -0.25) is 14.9 Å². The molecule has 0 saturated carbocycles. The van der Waals surface area contributed by atoms with Crippen molar-refractivity contribution in [1.82, 2.24) is 5.32 Å². The van der Waals surface area contributed by atoms with Gasteiger partial charge in [-0.15, -0.1) is 0 Å². The van der Waals surface area contributed by atoms with Crippen LogP contribution in [-0.4, -0.2) is 22.9 Å². The van der Waals surface area contributed by atoms with E-state index >= 15 is 0 Å². The minimum Gasteiger partial charge on any atom is -0.480 e. The van der Waals surface area contributed by atoms with Crippen molar-refractivity contribution in [2.45, 2.75) is 25.0 Å². The van der Waals surface area contributed by atoms with Crippen LogP contribution in [0.15, 0.2) is 24.3 Å². The van der Waals surface area contributed by atoms with Crippen molar-refractivity contribution in [2.75, 3.05) is 0 Å². The van der Waals surface area contributed by atoms with E-state index in [4.69, 9.17) is 10.8 Å². The average Bonchev–Trinajstić information content (AvgIpc) is 2.72. The Morgan fingerprint density at radius 3 is 2.88 bits per heavy atom. The molecule has 0 amide bonds. The minimum absolute atomic E-state index is 0.151. The zero-order valence-electron chi connectivity index (χ0n) is 9.22. The van der Waals surface area contributed by atoms with Crippen LogP contribution in [0.2, 0.25) is 0 Å². The number of hydrogen-bond acceptors (Lipinski definition) is 4. The molecular formula is C12H14N2O3. The van der Waals surface area contributed by atoms with Gasteiger partial charge >= 0.3 is 5.97 Å². The molecule has 4 N–H and O–H groups in total.